The van der Waals surface area contributed by atoms with Crippen molar-refractivity contribution in [2.75, 3.05) is 6.54 Å². The van der Waals surface area contributed by atoms with Gasteiger partial charge in [-0.15, -0.1) is 0 Å². The summed E-state index contributed by atoms with van der Waals surface area (Å²) >= 11 is 0. The van der Waals surface area contributed by atoms with Gasteiger partial charge in [0.05, 0.1) is 6.54 Å². The highest BCUT2D eigenvalue weighted by atomic mass is 15.1. The predicted octanol–water partition coefficient (Wildman–Crippen LogP) is 1.43. The van der Waals surface area contributed by atoms with E-state index in [1.54, 1.807) is 0 Å². The number of aromatic nitrogens is 2. The lowest BCUT2D eigenvalue weighted by Gasteiger charge is -2.26. The Bertz CT molecular complexity index is 381. The van der Waals surface area contributed by atoms with E-state index < -0.39 is 0 Å². The largest absolute Gasteiger partial charge is 0.337 e. The summed E-state index contributed by atoms with van der Waals surface area (Å²) in [6.45, 7) is 2.12. The lowest BCUT2D eigenvalue weighted by atomic mass is 9.93. The molecular formula is C14H24N4. The van der Waals surface area contributed by atoms with Gasteiger partial charge in [-0.1, -0.05) is 6.42 Å². The van der Waals surface area contributed by atoms with Gasteiger partial charge in [-0.25, -0.2) is 4.98 Å². The van der Waals surface area contributed by atoms with Crippen LogP contribution >= 0.6 is 0 Å². The van der Waals surface area contributed by atoms with E-state index in [0.717, 1.165) is 24.3 Å². The quantitative estimate of drug-likeness (QED) is 0.847. The molecule has 1 aromatic rings. The first-order chi connectivity index (χ1) is 8.84. The lowest BCUT2D eigenvalue weighted by molar-refractivity contribution is 0.317. The molecule has 2 heterocycles. The van der Waals surface area contributed by atoms with Gasteiger partial charge in [0.1, 0.15) is 5.82 Å². The van der Waals surface area contributed by atoms with E-state index in [1.807, 2.05) is 12.4 Å². The maximum atomic E-state index is 4.38. The van der Waals surface area contributed by atoms with Crippen LogP contribution in [-0.2, 0) is 13.6 Å². The number of imidazole rings is 1. The first-order valence-corrected chi connectivity index (χ1v) is 7.27. The number of nitrogens with one attached hydrogen (secondary N) is 2. The van der Waals surface area contributed by atoms with Gasteiger partial charge in [0.25, 0.3) is 0 Å². The molecule has 0 spiro atoms. The van der Waals surface area contributed by atoms with Crippen molar-refractivity contribution in [3.05, 3.63) is 18.2 Å². The summed E-state index contributed by atoms with van der Waals surface area (Å²) in [5, 5.41) is 7.40. The normalized spacial score (nSPS) is 32.2. The molecule has 2 N–H and O–H groups in total. The highest BCUT2D eigenvalue weighted by molar-refractivity contribution is 4.96. The molecule has 1 aromatic heterocycles. The van der Waals surface area contributed by atoms with Crippen LogP contribution in [0.3, 0.4) is 0 Å². The molecule has 4 nitrogen and oxygen atoms in total. The molecule has 3 atom stereocenters. The molecule has 0 radical (unpaired) electrons. The Kier molecular flexibility index (Phi) is 3.66. The second-order valence-electron chi connectivity index (χ2n) is 5.74. The van der Waals surface area contributed by atoms with E-state index in [-0.39, 0.29) is 0 Å². The SMILES string of the molecule is Cn1ccnc1CNC1CCCC1C1CCCN1. The lowest BCUT2D eigenvalue weighted by Crippen LogP contribution is -2.42. The van der Waals surface area contributed by atoms with E-state index >= 15 is 0 Å². The van der Waals surface area contributed by atoms with Crippen molar-refractivity contribution < 1.29 is 0 Å². The van der Waals surface area contributed by atoms with Gasteiger partial charge in [-0.3, -0.25) is 0 Å². The van der Waals surface area contributed by atoms with Crippen LogP contribution in [-0.4, -0.2) is 28.2 Å². The Morgan fingerprint density at radius 1 is 1.39 bits per heavy atom. The minimum absolute atomic E-state index is 0.678. The zero-order valence-corrected chi connectivity index (χ0v) is 11.2. The van der Waals surface area contributed by atoms with Crippen LogP contribution in [0.1, 0.15) is 37.9 Å². The molecule has 1 saturated carbocycles. The van der Waals surface area contributed by atoms with Crippen molar-refractivity contribution in [3.8, 4) is 0 Å². The van der Waals surface area contributed by atoms with Crippen molar-refractivity contribution in [1.29, 1.82) is 0 Å². The topological polar surface area (TPSA) is 41.9 Å². The third-order valence-electron chi connectivity index (χ3n) is 4.63. The van der Waals surface area contributed by atoms with Crippen LogP contribution in [0.2, 0.25) is 0 Å². The second-order valence-corrected chi connectivity index (χ2v) is 5.74. The van der Waals surface area contributed by atoms with Gasteiger partial charge in [0, 0.05) is 31.5 Å². The second kappa shape index (κ2) is 5.41. The summed E-state index contributed by atoms with van der Waals surface area (Å²) in [5.41, 5.74) is 0. The summed E-state index contributed by atoms with van der Waals surface area (Å²) in [7, 11) is 2.06. The molecule has 1 aliphatic heterocycles. The fourth-order valence-electron chi connectivity index (χ4n) is 3.59. The molecule has 100 valence electrons. The van der Waals surface area contributed by atoms with Gasteiger partial charge < -0.3 is 15.2 Å². The van der Waals surface area contributed by atoms with Crippen LogP contribution in [0.5, 0.6) is 0 Å². The summed E-state index contributed by atoms with van der Waals surface area (Å²) < 4.78 is 2.10. The molecule has 2 fully saturated rings. The first-order valence-electron chi connectivity index (χ1n) is 7.27. The Labute approximate surface area is 109 Å². The Morgan fingerprint density at radius 2 is 2.33 bits per heavy atom. The zero-order chi connectivity index (χ0) is 12.4. The van der Waals surface area contributed by atoms with Crippen molar-refractivity contribution >= 4 is 0 Å². The third-order valence-corrected chi connectivity index (χ3v) is 4.63. The molecule has 2 aliphatic rings. The maximum Gasteiger partial charge on any atom is 0.122 e. The number of hydrogen-bond acceptors (Lipinski definition) is 3. The van der Waals surface area contributed by atoms with Gasteiger partial charge in [-0.2, -0.15) is 0 Å². The van der Waals surface area contributed by atoms with E-state index in [4.69, 9.17) is 0 Å². The van der Waals surface area contributed by atoms with Gasteiger partial charge in [0.2, 0.25) is 0 Å². The molecule has 0 amide bonds. The Morgan fingerprint density at radius 3 is 3.06 bits per heavy atom. The van der Waals surface area contributed by atoms with E-state index in [2.05, 4.69) is 27.2 Å². The number of nitrogens with zero attached hydrogens (tertiary/aromatic N) is 2. The Hall–Kier alpha value is -0.870. The van der Waals surface area contributed by atoms with Crippen LogP contribution < -0.4 is 10.6 Å². The summed E-state index contributed by atoms with van der Waals surface area (Å²) in [5.74, 6) is 1.97. The number of hydrogen-bond donors (Lipinski definition) is 2. The molecule has 18 heavy (non-hydrogen) atoms. The fourth-order valence-corrected chi connectivity index (χ4v) is 3.59. The molecule has 3 unspecified atom stereocenters. The van der Waals surface area contributed by atoms with Gasteiger partial charge in [0.15, 0.2) is 0 Å². The summed E-state index contributed by atoms with van der Waals surface area (Å²) in [6.07, 6.45) is 10.7. The minimum Gasteiger partial charge on any atom is -0.337 e. The number of rotatable bonds is 4. The first kappa shape index (κ1) is 12.2. The molecule has 0 aromatic carbocycles. The van der Waals surface area contributed by atoms with Gasteiger partial charge in [-0.05, 0) is 38.1 Å². The molecule has 0 bridgehead atoms. The average Bonchev–Trinajstić information content (AvgIpc) is 3.07. The van der Waals surface area contributed by atoms with Gasteiger partial charge >= 0.3 is 0 Å². The van der Waals surface area contributed by atoms with Crippen molar-refractivity contribution in [2.45, 2.75) is 50.7 Å². The molecule has 4 heteroatoms. The summed E-state index contributed by atoms with van der Waals surface area (Å²) in [6, 6.07) is 1.43. The van der Waals surface area contributed by atoms with E-state index in [9.17, 15) is 0 Å². The molecular weight excluding hydrogens is 224 g/mol. The van der Waals surface area contributed by atoms with Crippen LogP contribution in [0.4, 0.5) is 0 Å². The minimum atomic E-state index is 0.678. The smallest absolute Gasteiger partial charge is 0.122 e. The average molecular weight is 248 g/mol. The van der Waals surface area contributed by atoms with Crippen LogP contribution in [0.25, 0.3) is 0 Å². The molecule has 1 saturated heterocycles. The highest BCUT2D eigenvalue weighted by Crippen LogP contribution is 2.31. The standard InChI is InChI=1S/C14H24N4/c1-18-9-8-16-14(18)10-17-13-5-2-4-11(13)12-6-3-7-15-12/h8-9,11-13,15,17H,2-7,10H2,1H3. The number of aryl methyl sites for hydroxylation is 1. The molecule has 3 rings (SSSR count). The predicted molar refractivity (Wildman–Crippen MR) is 72.2 cm³/mol. The van der Waals surface area contributed by atoms with Crippen molar-refractivity contribution in [3.63, 3.8) is 0 Å². The van der Waals surface area contributed by atoms with Crippen molar-refractivity contribution in [1.82, 2.24) is 20.2 Å². The summed E-state index contributed by atoms with van der Waals surface area (Å²) in [4.78, 5) is 4.38. The zero-order valence-electron chi connectivity index (χ0n) is 11.2. The highest BCUT2D eigenvalue weighted by Gasteiger charge is 2.34. The van der Waals surface area contributed by atoms with Crippen LogP contribution in [0.15, 0.2) is 12.4 Å². The third kappa shape index (κ3) is 2.45. The molecule has 1 aliphatic carbocycles. The van der Waals surface area contributed by atoms with E-state index in [1.165, 1.54) is 38.6 Å². The van der Waals surface area contributed by atoms with E-state index in [0.29, 0.717) is 6.04 Å². The fraction of sp³-hybridized carbons (Fsp3) is 0.786. The Balaban J connectivity index is 1.56. The monoisotopic (exact) mass is 248 g/mol. The van der Waals surface area contributed by atoms with Crippen LogP contribution in [0, 0.1) is 5.92 Å². The van der Waals surface area contributed by atoms with Crippen molar-refractivity contribution in [2.24, 2.45) is 13.0 Å². The maximum absolute atomic E-state index is 4.38.